The molecular weight excluding hydrogens is 240 g/mol. The van der Waals surface area contributed by atoms with E-state index in [2.05, 4.69) is 5.32 Å². The number of amides is 1. The lowest BCUT2D eigenvalue weighted by Crippen LogP contribution is -2.30. The van der Waals surface area contributed by atoms with Gasteiger partial charge in [-0.25, -0.2) is 8.78 Å². The summed E-state index contributed by atoms with van der Waals surface area (Å²) in [6.07, 6.45) is 0.384. The van der Waals surface area contributed by atoms with E-state index in [-0.39, 0.29) is 24.4 Å². The van der Waals surface area contributed by atoms with Gasteiger partial charge in [0.05, 0.1) is 6.10 Å². The van der Waals surface area contributed by atoms with Gasteiger partial charge in [-0.1, -0.05) is 0 Å². The first-order valence-electron chi connectivity index (χ1n) is 5.87. The lowest BCUT2D eigenvalue weighted by Gasteiger charge is -2.07. The molecule has 1 aromatic carbocycles. The minimum Gasteiger partial charge on any atom is -0.392 e. The highest BCUT2D eigenvalue weighted by Crippen LogP contribution is 2.12. The molecule has 5 heteroatoms. The molecular formula is C13H17F2NO2. The molecule has 0 spiro atoms. The van der Waals surface area contributed by atoms with Crippen molar-refractivity contribution in [2.45, 2.75) is 32.3 Å². The fourth-order valence-corrected chi connectivity index (χ4v) is 1.52. The van der Waals surface area contributed by atoms with E-state index in [1.54, 1.807) is 6.92 Å². The third-order valence-corrected chi connectivity index (χ3v) is 2.45. The van der Waals surface area contributed by atoms with Crippen LogP contribution in [0.15, 0.2) is 18.2 Å². The van der Waals surface area contributed by atoms with Crippen molar-refractivity contribution in [3.05, 3.63) is 35.4 Å². The Morgan fingerprint density at radius 1 is 1.44 bits per heavy atom. The molecule has 1 aromatic rings. The Hall–Kier alpha value is -1.49. The van der Waals surface area contributed by atoms with Crippen LogP contribution in [0, 0.1) is 11.6 Å². The quantitative estimate of drug-likeness (QED) is 0.816. The van der Waals surface area contributed by atoms with Gasteiger partial charge in [0.2, 0.25) is 5.91 Å². The summed E-state index contributed by atoms with van der Waals surface area (Å²) in [5.41, 5.74) is 0.276. The third-order valence-electron chi connectivity index (χ3n) is 2.45. The molecule has 0 saturated heterocycles. The highest BCUT2D eigenvalue weighted by atomic mass is 19.1. The molecule has 1 unspecified atom stereocenters. The van der Waals surface area contributed by atoms with Crippen molar-refractivity contribution < 1.29 is 18.7 Å². The van der Waals surface area contributed by atoms with Gasteiger partial charge in [-0.15, -0.1) is 0 Å². The Morgan fingerprint density at radius 2 is 2.17 bits per heavy atom. The Labute approximate surface area is 105 Å². The predicted molar refractivity (Wildman–Crippen MR) is 64.0 cm³/mol. The molecule has 1 atom stereocenters. The van der Waals surface area contributed by atoms with E-state index in [1.165, 1.54) is 0 Å². The number of benzene rings is 1. The van der Waals surface area contributed by atoms with E-state index in [0.717, 1.165) is 18.2 Å². The van der Waals surface area contributed by atoms with Gasteiger partial charge in [0.25, 0.3) is 0 Å². The number of nitrogens with one attached hydrogen (secondary N) is 1. The van der Waals surface area contributed by atoms with E-state index in [1.807, 2.05) is 0 Å². The number of aliphatic hydroxyl groups excluding tert-OH is 1. The van der Waals surface area contributed by atoms with Gasteiger partial charge in [0, 0.05) is 13.0 Å². The number of carbonyl (C=O) groups is 1. The molecule has 0 saturated carbocycles. The van der Waals surface area contributed by atoms with Crippen LogP contribution in [0.3, 0.4) is 0 Å². The van der Waals surface area contributed by atoms with Crippen LogP contribution in [-0.2, 0) is 11.2 Å². The minimum absolute atomic E-state index is 0.201. The van der Waals surface area contributed by atoms with Crippen molar-refractivity contribution in [3.8, 4) is 0 Å². The monoisotopic (exact) mass is 257 g/mol. The molecule has 0 aliphatic heterocycles. The second-order valence-corrected chi connectivity index (χ2v) is 4.24. The maximum Gasteiger partial charge on any atom is 0.220 e. The van der Waals surface area contributed by atoms with Gasteiger partial charge in [0.1, 0.15) is 11.6 Å². The summed E-state index contributed by atoms with van der Waals surface area (Å²) < 4.78 is 26.1. The Bertz CT molecular complexity index is 408. The predicted octanol–water partition coefficient (Wildman–Crippen LogP) is 1.78. The first kappa shape index (κ1) is 14.6. The van der Waals surface area contributed by atoms with Crippen LogP contribution in [0.2, 0.25) is 0 Å². The van der Waals surface area contributed by atoms with Crippen molar-refractivity contribution in [2.24, 2.45) is 0 Å². The van der Waals surface area contributed by atoms with Gasteiger partial charge in [-0.3, -0.25) is 4.79 Å². The van der Waals surface area contributed by atoms with Gasteiger partial charge in [-0.05, 0) is 43.5 Å². The zero-order valence-electron chi connectivity index (χ0n) is 10.2. The largest absolute Gasteiger partial charge is 0.392 e. The number of rotatable bonds is 6. The van der Waals surface area contributed by atoms with Gasteiger partial charge in [0.15, 0.2) is 0 Å². The molecule has 100 valence electrons. The Morgan fingerprint density at radius 3 is 2.83 bits per heavy atom. The maximum atomic E-state index is 13.2. The number of hydrogen-bond acceptors (Lipinski definition) is 2. The average molecular weight is 257 g/mol. The van der Waals surface area contributed by atoms with Crippen LogP contribution < -0.4 is 5.32 Å². The molecule has 0 aliphatic carbocycles. The number of halogens is 2. The van der Waals surface area contributed by atoms with Crippen molar-refractivity contribution in [2.75, 3.05) is 6.54 Å². The number of aryl methyl sites for hydroxylation is 1. The van der Waals surface area contributed by atoms with Crippen molar-refractivity contribution in [3.63, 3.8) is 0 Å². The molecule has 1 amide bonds. The molecule has 1 rings (SSSR count). The van der Waals surface area contributed by atoms with E-state index >= 15 is 0 Å². The second kappa shape index (κ2) is 7.06. The van der Waals surface area contributed by atoms with Crippen LogP contribution >= 0.6 is 0 Å². The molecule has 0 aromatic heterocycles. The standard InChI is InChI=1S/C13H17F2NO2/c1-9(17)8-16-13(18)4-2-3-10-7-11(14)5-6-12(10)15/h5-7,9,17H,2-4,8H2,1H3,(H,16,18). The fraction of sp³-hybridized carbons (Fsp3) is 0.462. The normalized spacial score (nSPS) is 12.2. The lowest BCUT2D eigenvalue weighted by atomic mass is 10.1. The first-order chi connectivity index (χ1) is 8.49. The lowest BCUT2D eigenvalue weighted by molar-refractivity contribution is -0.121. The van der Waals surface area contributed by atoms with Gasteiger partial charge >= 0.3 is 0 Å². The summed E-state index contributed by atoms with van der Waals surface area (Å²) in [4.78, 5) is 11.3. The molecule has 0 heterocycles. The minimum atomic E-state index is -0.588. The van der Waals surface area contributed by atoms with E-state index in [4.69, 9.17) is 5.11 Å². The van der Waals surface area contributed by atoms with Crippen molar-refractivity contribution >= 4 is 5.91 Å². The SMILES string of the molecule is CC(O)CNC(=O)CCCc1cc(F)ccc1F. The van der Waals surface area contributed by atoms with Crippen molar-refractivity contribution in [1.82, 2.24) is 5.32 Å². The summed E-state index contributed by atoms with van der Waals surface area (Å²) in [7, 11) is 0. The highest BCUT2D eigenvalue weighted by molar-refractivity contribution is 5.75. The topological polar surface area (TPSA) is 49.3 Å². The zero-order valence-corrected chi connectivity index (χ0v) is 10.2. The summed E-state index contributed by atoms with van der Waals surface area (Å²) in [5, 5.41) is 11.5. The van der Waals surface area contributed by atoms with Crippen LogP contribution in [0.25, 0.3) is 0 Å². The van der Waals surface area contributed by atoms with Crippen LogP contribution in [0.4, 0.5) is 8.78 Å². The third kappa shape index (κ3) is 5.23. The summed E-state index contributed by atoms with van der Waals surface area (Å²) in [6.45, 7) is 1.77. The maximum absolute atomic E-state index is 13.2. The van der Waals surface area contributed by atoms with E-state index in [9.17, 15) is 13.6 Å². The molecule has 0 aliphatic rings. The smallest absolute Gasteiger partial charge is 0.220 e. The molecule has 3 nitrogen and oxygen atoms in total. The molecule has 0 fully saturated rings. The molecule has 0 radical (unpaired) electrons. The summed E-state index contributed by atoms with van der Waals surface area (Å²) in [6, 6.07) is 3.29. The number of aliphatic hydroxyl groups is 1. The fourth-order valence-electron chi connectivity index (χ4n) is 1.52. The summed E-state index contributed by atoms with van der Waals surface area (Å²) >= 11 is 0. The van der Waals surface area contributed by atoms with Gasteiger partial charge in [-0.2, -0.15) is 0 Å². The Kier molecular flexibility index (Phi) is 5.71. The van der Waals surface area contributed by atoms with E-state index < -0.39 is 17.7 Å². The number of carbonyl (C=O) groups excluding carboxylic acids is 1. The molecule has 18 heavy (non-hydrogen) atoms. The van der Waals surface area contributed by atoms with Crippen LogP contribution in [0.5, 0.6) is 0 Å². The first-order valence-corrected chi connectivity index (χ1v) is 5.87. The summed E-state index contributed by atoms with van der Waals surface area (Å²) in [5.74, 6) is -1.14. The van der Waals surface area contributed by atoms with Crippen LogP contribution in [-0.4, -0.2) is 23.7 Å². The molecule has 2 N–H and O–H groups in total. The molecule has 0 bridgehead atoms. The highest BCUT2D eigenvalue weighted by Gasteiger charge is 2.06. The zero-order chi connectivity index (χ0) is 13.5. The number of hydrogen-bond donors (Lipinski definition) is 2. The second-order valence-electron chi connectivity index (χ2n) is 4.24. The van der Waals surface area contributed by atoms with Gasteiger partial charge < -0.3 is 10.4 Å². The average Bonchev–Trinajstić information content (AvgIpc) is 2.31. The van der Waals surface area contributed by atoms with Crippen molar-refractivity contribution in [1.29, 1.82) is 0 Å². The van der Waals surface area contributed by atoms with Crippen LogP contribution in [0.1, 0.15) is 25.3 Å². The van der Waals surface area contributed by atoms with E-state index in [0.29, 0.717) is 12.8 Å². The Balaban J connectivity index is 2.33.